The van der Waals surface area contributed by atoms with E-state index in [0.717, 1.165) is 16.9 Å². The van der Waals surface area contributed by atoms with E-state index in [1.165, 1.54) is 4.90 Å². The maximum Gasteiger partial charge on any atom is 0.355 e. The van der Waals surface area contributed by atoms with Gasteiger partial charge in [0.05, 0.1) is 7.11 Å². The van der Waals surface area contributed by atoms with Gasteiger partial charge in [-0.25, -0.2) is 4.79 Å². The third-order valence-corrected chi connectivity index (χ3v) is 5.45. The van der Waals surface area contributed by atoms with Crippen LogP contribution in [0.2, 0.25) is 0 Å². The van der Waals surface area contributed by atoms with E-state index in [2.05, 4.69) is 0 Å². The van der Waals surface area contributed by atoms with E-state index < -0.39 is 12.0 Å². The van der Waals surface area contributed by atoms with Crippen LogP contribution in [0.1, 0.15) is 12.5 Å². The first-order valence-electron chi connectivity index (χ1n) is 7.93. The Labute approximate surface area is 150 Å². The van der Waals surface area contributed by atoms with E-state index in [9.17, 15) is 9.59 Å². The van der Waals surface area contributed by atoms with Crippen LogP contribution in [0.25, 0.3) is 0 Å². The molecule has 7 heteroatoms. The van der Waals surface area contributed by atoms with E-state index in [0.29, 0.717) is 11.4 Å². The van der Waals surface area contributed by atoms with E-state index in [1.807, 2.05) is 31.2 Å². The number of carbonyl (C=O) groups is 2. The minimum Gasteiger partial charge on any atom is -0.497 e. The Hall–Kier alpha value is -2.25. The van der Waals surface area contributed by atoms with Gasteiger partial charge in [0.15, 0.2) is 0 Å². The normalized spacial score (nSPS) is 22.7. The van der Waals surface area contributed by atoms with E-state index in [-0.39, 0.29) is 17.9 Å². The quantitative estimate of drug-likeness (QED) is 0.637. The molecule has 0 radical (unpaired) electrons. The number of β-lactam (4-membered cyclic amide) rings is 1. The summed E-state index contributed by atoms with van der Waals surface area (Å²) in [5.74, 6) is 0.616. The van der Waals surface area contributed by atoms with Crippen molar-refractivity contribution >= 4 is 23.6 Å². The van der Waals surface area contributed by atoms with Crippen molar-refractivity contribution < 1.29 is 19.1 Å². The molecule has 0 saturated carbocycles. The molecule has 3 rings (SSSR count). The van der Waals surface area contributed by atoms with Crippen LogP contribution < -0.4 is 10.5 Å². The van der Waals surface area contributed by atoms with Crippen LogP contribution in [0, 0.1) is 0 Å². The number of benzene rings is 1. The molecule has 0 aliphatic carbocycles. The highest BCUT2D eigenvalue weighted by Crippen LogP contribution is 2.40. The number of nitrogens with zero attached hydrogens (tertiary/aromatic N) is 1. The molecule has 2 atom stereocenters. The van der Waals surface area contributed by atoms with Gasteiger partial charge in [-0.15, -0.1) is 11.8 Å². The number of nitrogens with two attached hydrogens (primary N) is 1. The lowest BCUT2D eigenvalue weighted by Gasteiger charge is -2.48. The Bertz CT molecular complexity index is 742. The number of thioether (sulfide) groups is 1. The molecule has 2 heterocycles. The number of hydrogen-bond acceptors (Lipinski definition) is 6. The van der Waals surface area contributed by atoms with E-state index in [1.54, 1.807) is 31.0 Å². The number of ether oxygens (including phenoxy) is 2. The maximum absolute atomic E-state index is 12.6. The van der Waals surface area contributed by atoms with Crippen LogP contribution in [0.5, 0.6) is 5.75 Å². The third kappa shape index (κ3) is 3.29. The van der Waals surface area contributed by atoms with Crippen molar-refractivity contribution in [1.82, 2.24) is 4.90 Å². The van der Waals surface area contributed by atoms with Gasteiger partial charge in [-0.1, -0.05) is 24.3 Å². The Kier molecular flexibility index (Phi) is 5.15. The summed E-state index contributed by atoms with van der Waals surface area (Å²) in [6, 6.07) is 6.72. The first kappa shape index (κ1) is 17.6. The lowest BCUT2D eigenvalue weighted by atomic mass is 10.0. The second-order valence-electron chi connectivity index (χ2n) is 5.73. The number of allylic oxidation sites excluding steroid dienone is 2. The average Bonchev–Trinajstić information content (AvgIpc) is 2.65. The number of amides is 1. The fourth-order valence-corrected chi connectivity index (χ4v) is 4.06. The molecule has 1 fully saturated rings. The standard InChI is InChI=1S/C18H20N2O4S/c1-3-4-12-10-25-17-14(19)16(21)20(17)15(12)18(22)24-9-11-5-7-13(23-2)8-6-11/h3-8,14,17H,9-10,19H2,1-2H3/b4-3-. The monoisotopic (exact) mass is 360 g/mol. The maximum atomic E-state index is 12.6. The molecule has 2 N–H and O–H groups in total. The highest BCUT2D eigenvalue weighted by Gasteiger charge is 2.51. The summed E-state index contributed by atoms with van der Waals surface area (Å²) < 4.78 is 10.5. The summed E-state index contributed by atoms with van der Waals surface area (Å²) in [6.07, 6.45) is 3.68. The van der Waals surface area contributed by atoms with Crippen LogP contribution >= 0.6 is 11.8 Å². The SMILES string of the molecule is C/C=C\C1=C(C(=O)OCc2ccc(OC)cc2)N2C(=O)C(N)C2SC1. The van der Waals surface area contributed by atoms with Crippen LogP contribution in [0.4, 0.5) is 0 Å². The summed E-state index contributed by atoms with van der Waals surface area (Å²) in [6.45, 7) is 2.00. The van der Waals surface area contributed by atoms with Crippen molar-refractivity contribution in [3.63, 3.8) is 0 Å². The number of fused-ring (bicyclic) bond motifs is 1. The molecule has 1 aromatic rings. The minimum absolute atomic E-state index is 0.126. The Morgan fingerprint density at radius 1 is 1.40 bits per heavy atom. The average molecular weight is 360 g/mol. The fourth-order valence-electron chi connectivity index (χ4n) is 2.80. The molecule has 0 aromatic heterocycles. The van der Waals surface area contributed by atoms with Crippen molar-refractivity contribution in [1.29, 1.82) is 0 Å². The van der Waals surface area contributed by atoms with Crippen LogP contribution in [-0.4, -0.2) is 41.1 Å². The summed E-state index contributed by atoms with van der Waals surface area (Å²) >= 11 is 1.56. The van der Waals surface area contributed by atoms with Gasteiger partial charge in [-0.2, -0.15) is 0 Å². The predicted molar refractivity (Wildman–Crippen MR) is 95.7 cm³/mol. The number of hydrogen-bond donors (Lipinski definition) is 1. The highest BCUT2D eigenvalue weighted by molar-refractivity contribution is 8.00. The number of methoxy groups -OCH3 is 1. The largest absolute Gasteiger partial charge is 0.497 e. The minimum atomic E-state index is -0.554. The molecule has 0 bridgehead atoms. The Morgan fingerprint density at radius 2 is 2.12 bits per heavy atom. The van der Waals surface area contributed by atoms with Gasteiger partial charge in [0, 0.05) is 5.75 Å². The Morgan fingerprint density at radius 3 is 2.76 bits per heavy atom. The summed E-state index contributed by atoms with van der Waals surface area (Å²) in [4.78, 5) is 26.2. The first-order valence-corrected chi connectivity index (χ1v) is 8.98. The van der Waals surface area contributed by atoms with Gasteiger partial charge in [0.1, 0.15) is 29.5 Å². The second kappa shape index (κ2) is 7.33. The molecule has 1 aromatic carbocycles. The third-order valence-electron chi connectivity index (χ3n) is 4.13. The molecule has 2 unspecified atom stereocenters. The molecule has 25 heavy (non-hydrogen) atoms. The van der Waals surface area contributed by atoms with Crippen LogP contribution in [-0.2, 0) is 20.9 Å². The Balaban J connectivity index is 1.76. The van der Waals surface area contributed by atoms with Crippen molar-refractivity contribution in [2.24, 2.45) is 5.73 Å². The molecule has 1 saturated heterocycles. The lowest BCUT2D eigenvalue weighted by Crippen LogP contribution is -2.68. The van der Waals surface area contributed by atoms with E-state index in [4.69, 9.17) is 15.2 Å². The van der Waals surface area contributed by atoms with Crippen LogP contribution in [0.15, 0.2) is 47.7 Å². The van der Waals surface area contributed by atoms with Gasteiger partial charge in [0.2, 0.25) is 5.91 Å². The molecule has 2 aliphatic heterocycles. The lowest BCUT2D eigenvalue weighted by molar-refractivity contribution is -0.151. The van der Waals surface area contributed by atoms with Gasteiger partial charge >= 0.3 is 5.97 Å². The van der Waals surface area contributed by atoms with Crippen molar-refractivity contribution in [2.45, 2.75) is 24.9 Å². The first-order chi connectivity index (χ1) is 12.1. The molecular weight excluding hydrogens is 340 g/mol. The smallest absolute Gasteiger partial charge is 0.355 e. The molecule has 132 valence electrons. The number of carbonyl (C=O) groups excluding carboxylic acids is 2. The van der Waals surface area contributed by atoms with Crippen molar-refractivity contribution in [3.8, 4) is 5.75 Å². The zero-order chi connectivity index (χ0) is 18.0. The molecule has 6 nitrogen and oxygen atoms in total. The number of esters is 1. The van der Waals surface area contributed by atoms with Crippen molar-refractivity contribution in [2.75, 3.05) is 12.9 Å². The second-order valence-corrected chi connectivity index (χ2v) is 6.84. The van der Waals surface area contributed by atoms with Gasteiger partial charge in [-0.3, -0.25) is 9.69 Å². The predicted octanol–water partition coefficient (Wildman–Crippen LogP) is 1.81. The molecule has 1 amide bonds. The molecular formula is C18H20N2O4S. The van der Waals surface area contributed by atoms with Gasteiger partial charge in [0.25, 0.3) is 0 Å². The van der Waals surface area contributed by atoms with Crippen molar-refractivity contribution in [3.05, 3.63) is 53.3 Å². The van der Waals surface area contributed by atoms with Gasteiger partial charge in [-0.05, 0) is 30.2 Å². The van der Waals surface area contributed by atoms with Gasteiger partial charge < -0.3 is 15.2 Å². The highest BCUT2D eigenvalue weighted by atomic mass is 32.2. The molecule has 2 aliphatic rings. The van der Waals surface area contributed by atoms with Crippen LogP contribution in [0.3, 0.4) is 0 Å². The summed E-state index contributed by atoms with van der Waals surface area (Å²) in [7, 11) is 1.59. The topological polar surface area (TPSA) is 81.9 Å². The molecule has 0 spiro atoms. The summed E-state index contributed by atoms with van der Waals surface area (Å²) in [5, 5.41) is -0.190. The fraction of sp³-hybridized carbons (Fsp3) is 0.333. The zero-order valence-electron chi connectivity index (χ0n) is 14.1. The zero-order valence-corrected chi connectivity index (χ0v) is 14.9. The number of rotatable bonds is 5. The summed E-state index contributed by atoms with van der Waals surface area (Å²) in [5.41, 5.74) is 7.77. The van der Waals surface area contributed by atoms with E-state index >= 15 is 0 Å².